The second kappa shape index (κ2) is 20.1. The number of hydrogen-bond donors (Lipinski definition) is 0. The van der Waals surface area contributed by atoms with Crippen LogP contribution in [0.25, 0.3) is 0 Å². The molecule has 22 heavy (non-hydrogen) atoms. The van der Waals surface area contributed by atoms with E-state index in [4.69, 9.17) is 33.8 Å². The first kappa shape index (κ1) is 23.1. The van der Waals surface area contributed by atoms with Crippen molar-refractivity contribution in [3.63, 3.8) is 0 Å². The third-order valence-electron chi connectivity index (χ3n) is 4.31. The molecule has 0 aliphatic heterocycles. The zero-order valence-electron chi connectivity index (χ0n) is 14.4. The molecule has 0 radical (unpaired) electrons. The zero-order chi connectivity index (χ0) is 16.3. The van der Waals surface area contributed by atoms with Gasteiger partial charge in [0.05, 0.1) is 0 Å². The van der Waals surface area contributed by atoms with Gasteiger partial charge in [-0.15, -0.1) is 11.6 Å². The van der Waals surface area contributed by atoms with Crippen molar-refractivity contribution >= 4 is 41.2 Å². The van der Waals surface area contributed by atoms with Crippen LogP contribution in [0.4, 0.5) is 0 Å². The molecule has 0 amide bonds. The fourth-order valence-electron chi connectivity index (χ4n) is 2.87. The molecule has 0 atom stereocenters. The molecule has 0 saturated heterocycles. The molecule has 0 aliphatic rings. The van der Waals surface area contributed by atoms with Crippen LogP contribution in [0.2, 0.25) is 6.04 Å². The second-order valence-corrected chi connectivity index (χ2v) is 12.1. The van der Waals surface area contributed by atoms with Gasteiger partial charge in [-0.3, -0.25) is 0 Å². The fourth-order valence-corrected chi connectivity index (χ4v) is 4.58. The van der Waals surface area contributed by atoms with E-state index in [1.54, 1.807) is 0 Å². The molecule has 0 aromatic carbocycles. The molecule has 0 fully saturated rings. The highest BCUT2D eigenvalue weighted by atomic mass is 35.7. The Morgan fingerprint density at radius 2 is 0.682 bits per heavy atom. The highest BCUT2D eigenvalue weighted by Gasteiger charge is 2.00. The molecule has 0 nitrogen and oxygen atoms in total. The molecule has 0 aliphatic carbocycles. The third kappa shape index (κ3) is 21.1. The molecule has 0 aromatic rings. The minimum atomic E-state index is -1.33. The Morgan fingerprint density at radius 1 is 0.409 bits per heavy atom. The van der Waals surface area contributed by atoms with Gasteiger partial charge in [0, 0.05) is 5.88 Å². The van der Waals surface area contributed by atoms with Crippen LogP contribution in [0.1, 0.15) is 103 Å². The van der Waals surface area contributed by atoms with Gasteiger partial charge in [0.1, 0.15) is 0 Å². The predicted octanol–water partition coefficient (Wildman–Crippen LogP) is 8.16. The van der Waals surface area contributed by atoms with Crippen LogP contribution in [0.5, 0.6) is 0 Å². The normalized spacial score (nSPS) is 11.5. The van der Waals surface area contributed by atoms with E-state index in [2.05, 4.69) is 0 Å². The smallest absolute Gasteiger partial charge is 0.150 e. The number of unbranched alkanes of at least 4 members (excludes halogenated alkanes) is 15. The van der Waals surface area contributed by atoms with E-state index in [1.165, 1.54) is 103 Å². The predicted molar refractivity (Wildman–Crippen MR) is 108 cm³/mol. The van der Waals surface area contributed by atoms with Crippen LogP contribution in [-0.2, 0) is 0 Å². The Bertz CT molecular complexity index is 201. The standard InChI is InChI=1S/C18H37Cl3Si/c19-17-15-13-11-9-7-5-3-1-2-4-6-8-10-12-14-16-18-22(20)21/h22H,1-18H2. The largest absolute Gasteiger partial charge is 0.237 e. The van der Waals surface area contributed by atoms with Gasteiger partial charge < -0.3 is 0 Å². The first-order chi connectivity index (χ1) is 10.8. The lowest BCUT2D eigenvalue weighted by molar-refractivity contribution is 0.531. The molecule has 0 rings (SSSR count). The van der Waals surface area contributed by atoms with E-state index < -0.39 is 7.42 Å². The van der Waals surface area contributed by atoms with E-state index in [0.29, 0.717) is 0 Å². The molecule has 134 valence electrons. The van der Waals surface area contributed by atoms with Crippen molar-refractivity contribution in [2.75, 3.05) is 5.88 Å². The Kier molecular flexibility index (Phi) is 21.1. The van der Waals surface area contributed by atoms with Crippen LogP contribution in [0, 0.1) is 0 Å². The molecule has 0 bridgehead atoms. The summed E-state index contributed by atoms with van der Waals surface area (Å²) in [7, 11) is -1.33. The maximum Gasteiger partial charge on any atom is 0.237 e. The topological polar surface area (TPSA) is 0 Å². The maximum atomic E-state index is 5.85. The number of halogens is 3. The van der Waals surface area contributed by atoms with Crippen LogP contribution in [0.15, 0.2) is 0 Å². The number of hydrogen-bond acceptors (Lipinski definition) is 0. The zero-order valence-corrected chi connectivity index (χ0v) is 17.9. The highest BCUT2D eigenvalue weighted by molar-refractivity contribution is 7.33. The van der Waals surface area contributed by atoms with Gasteiger partial charge in [0.15, 0.2) is 0 Å². The highest BCUT2D eigenvalue weighted by Crippen LogP contribution is 2.15. The van der Waals surface area contributed by atoms with Gasteiger partial charge in [-0.1, -0.05) is 96.3 Å². The SMILES string of the molecule is ClCCCCCCCCCCCCCCCCCC[SiH](Cl)Cl. The lowest BCUT2D eigenvalue weighted by Gasteiger charge is -2.03. The molecular formula is C18H37Cl3Si. The van der Waals surface area contributed by atoms with Gasteiger partial charge in [-0.2, -0.15) is 22.2 Å². The van der Waals surface area contributed by atoms with Crippen molar-refractivity contribution in [1.82, 2.24) is 0 Å². The Morgan fingerprint density at radius 3 is 0.955 bits per heavy atom. The molecule has 0 saturated carbocycles. The Labute approximate surface area is 155 Å². The molecule has 0 spiro atoms. The van der Waals surface area contributed by atoms with E-state index >= 15 is 0 Å². The van der Waals surface area contributed by atoms with Crippen LogP contribution in [0.3, 0.4) is 0 Å². The van der Waals surface area contributed by atoms with Crippen molar-refractivity contribution in [3.05, 3.63) is 0 Å². The second-order valence-electron chi connectivity index (χ2n) is 6.53. The summed E-state index contributed by atoms with van der Waals surface area (Å²) in [6.45, 7) is 0. The number of rotatable bonds is 18. The van der Waals surface area contributed by atoms with E-state index in [-0.39, 0.29) is 0 Å². The van der Waals surface area contributed by atoms with Crippen LogP contribution in [-0.4, -0.2) is 13.3 Å². The third-order valence-corrected chi connectivity index (χ3v) is 6.73. The van der Waals surface area contributed by atoms with Gasteiger partial charge in [0.2, 0.25) is 7.42 Å². The number of alkyl halides is 1. The van der Waals surface area contributed by atoms with E-state index in [0.717, 1.165) is 11.9 Å². The summed E-state index contributed by atoms with van der Waals surface area (Å²) < 4.78 is 0. The lowest BCUT2D eigenvalue weighted by Crippen LogP contribution is -1.91. The summed E-state index contributed by atoms with van der Waals surface area (Å²) in [6.07, 6.45) is 22.1. The first-order valence-electron chi connectivity index (χ1n) is 9.61. The van der Waals surface area contributed by atoms with Crippen molar-refractivity contribution < 1.29 is 0 Å². The van der Waals surface area contributed by atoms with E-state index in [1.807, 2.05) is 0 Å². The van der Waals surface area contributed by atoms with Gasteiger partial charge in [-0.05, 0) is 12.5 Å². The van der Waals surface area contributed by atoms with Crippen LogP contribution >= 0.6 is 33.8 Å². The summed E-state index contributed by atoms with van der Waals surface area (Å²) in [6, 6.07) is 1.09. The first-order valence-corrected chi connectivity index (χ1v) is 14.5. The minimum absolute atomic E-state index is 0.836. The molecule has 0 heterocycles. The lowest BCUT2D eigenvalue weighted by atomic mass is 10.0. The van der Waals surface area contributed by atoms with Crippen molar-refractivity contribution in [2.24, 2.45) is 0 Å². The molecule has 0 aromatic heterocycles. The summed E-state index contributed by atoms with van der Waals surface area (Å²) >= 11 is 17.4. The quantitative estimate of drug-likeness (QED) is 0.0962. The van der Waals surface area contributed by atoms with Crippen molar-refractivity contribution in [2.45, 2.75) is 109 Å². The Hall–Kier alpha value is 1.09. The summed E-state index contributed by atoms with van der Waals surface area (Å²) in [4.78, 5) is 0. The maximum absolute atomic E-state index is 5.85. The van der Waals surface area contributed by atoms with Gasteiger partial charge >= 0.3 is 0 Å². The fraction of sp³-hybridized carbons (Fsp3) is 1.00. The minimum Gasteiger partial charge on any atom is -0.150 e. The molecule has 0 N–H and O–H groups in total. The average Bonchev–Trinajstić information content (AvgIpc) is 2.50. The Balaban J connectivity index is 2.94. The molecule has 4 heteroatoms. The summed E-state index contributed by atoms with van der Waals surface area (Å²) in [5.74, 6) is 0.836. The monoisotopic (exact) mass is 386 g/mol. The average molecular weight is 388 g/mol. The van der Waals surface area contributed by atoms with Crippen molar-refractivity contribution in [1.29, 1.82) is 0 Å². The van der Waals surface area contributed by atoms with E-state index in [9.17, 15) is 0 Å². The van der Waals surface area contributed by atoms with Crippen LogP contribution < -0.4 is 0 Å². The summed E-state index contributed by atoms with van der Waals surface area (Å²) in [5, 5.41) is 0. The molecular weight excluding hydrogens is 351 g/mol. The van der Waals surface area contributed by atoms with Gasteiger partial charge in [-0.25, -0.2) is 0 Å². The van der Waals surface area contributed by atoms with Gasteiger partial charge in [0.25, 0.3) is 0 Å². The van der Waals surface area contributed by atoms with Crippen molar-refractivity contribution in [3.8, 4) is 0 Å². The summed E-state index contributed by atoms with van der Waals surface area (Å²) in [5.41, 5.74) is 0. The molecule has 0 unspecified atom stereocenters.